The van der Waals surface area contributed by atoms with E-state index in [1.165, 1.54) is 13.4 Å². The predicted octanol–water partition coefficient (Wildman–Crippen LogP) is 1.90. The summed E-state index contributed by atoms with van der Waals surface area (Å²) in [4.78, 5) is 11.2. The zero-order valence-corrected chi connectivity index (χ0v) is 9.78. The van der Waals surface area contributed by atoms with Crippen LogP contribution in [-0.2, 0) is 9.47 Å². The van der Waals surface area contributed by atoms with Gasteiger partial charge in [-0.05, 0) is 13.8 Å². The molecule has 16 heavy (non-hydrogen) atoms. The zero-order valence-electron chi connectivity index (χ0n) is 9.78. The van der Waals surface area contributed by atoms with Crippen molar-refractivity contribution in [1.82, 2.24) is 0 Å². The van der Waals surface area contributed by atoms with Crippen LogP contribution in [0.5, 0.6) is 0 Å². The summed E-state index contributed by atoms with van der Waals surface area (Å²) >= 11 is 0. The molecule has 0 aromatic carbocycles. The number of esters is 1. The Morgan fingerprint density at radius 2 is 2.31 bits per heavy atom. The highest BCUT2D eigenvalue weighted by molar-refractivity contribution is 5.92. The summed E-state index contributed by atoms with van der Waals surface area (Å²) in [7, 11) is 1.32. The molecule has 1 N–H and O–H groups in total. The minimum atomic E-state index is -0.489. The summed E-state index contributed by atoms with van der Waals surface area (Å²) in [5.41, 5.74) is 0.624. The van der Waals surface area contributed by atoms with Gasteiger partial charge in [0.1, 0.15) is 0 Å². The second-order valence-electron chi connectivity index (χ2n) is 3.50. The average Bonchev–Trinajstić information content (AvgIpc) is 2.71. The Labute approximate surface area is 94.7 Å². The maximum absolute atomic E-state index is 11.2. The third-order valence-electron chi connectivity index (χ3n) is 1.90. The highest BCUT2D eigenvalue weighted by Crippen LogP contribution is 2.17. The number of anilines is 1. The Hall–Kier alpha value is -1.49. The fourth-order valence-corrected chi connectivity index (χ4v) is 1.18. The van der Waals surface area contributed by atoms with E-state index >= 15 is 0 Å². The number of furan rings is 1. The second-order valence-corrected chi connectivity index (χ2v) is 3.50. The van der Waals surface area contributed by atoms with Gasteiger partial charge in [-0.3, -0.25) is 0 Å². The fourth-order valence-electron chi connectivity index (χ4n) is 1.18. The van der Waals surface area contributed by atoms with Crippen LogP contribution in [0.2, 0.25) is 0 Å². The van der Waals surface area contributed by atoms with Crippen LogP contribution >= 0.6 is 0 Å². The van der Waals surface area contributed by atoms with Crippen LogP contribution in [0.15, 0.2) is 16.7 Å². The van der Waals surface area contributed by atoms with Crippen LogP contribution in [0.25, 0.3) is 0 Å². The molecule has 1 aromatic heterocycles. The van der Waals surface area contributed by atoms with Crippen molar-refractivity contribution in [3.63, 3.8) is 0 Å². The Morgan fingerprint density at radius 3 is 2.94 bits per heavy atom. The van der Waals surface area contributed by atoms with Gasteiger partial charge in [0.25, 0.3) is 0 Å². The van der Waals surface area contributed by atoms with Gasteiger partial charge in [0, 0.05) is 12.6 Å². The number of ether oxygens (including phenoxy) is 2. The normalized spacial score (nSPS) is 10.5. The van der Waals surface area contributed by atoms with Crippen LogP contribution in [0.1, 0.15) is 24.4 Å². The monoisotopic (exact) mass is 227 g/mol. The van der Waals surface area contributed by atoms with Crippen molar-refractivity contribution in [2.45, 2.75) is 20.0 Å². The Kier molecular flexibility index (Phi) is 4.85. The number of carbonyl (C=O) groups excluding carboxylic acids is 1. The molecule has 0 atom stereocenters. The number of carbonyl (C=O) groups is 1. The van der Waals surface area contributed by atoms with Gasteiger partial charge >= 0.3 is 5.97 Å². The highest BCUT2D eigenvalue weighted by Gasteiger charge is 2.15. The number of hydrogen-bond donors (Lipinski definition) is 1. The molecule has 90 valence electrons. The van der Waals surface area contributed by atoms with Crippen molar-refractivity contribution >= 4 is 11.7 Å². The van der Waals surface area contributed by atoms with Crippen LogP contribution in [0, 0.1) is 0 Å². The molecule has 0 bridgehead atoms. The SMILES string of the molecule is COC(=O)c1occc1NCCOC(C)C. The predicted molar refractivity (Wildman–Crippen MR) is 59.6 cm³/mol. The van der Waals surface area contributed by atoms with Crippen molar-refractivity contribution in [2.24, 2.45) is 0 Å². The first-order valence-electron chi connectivity index (χ1n) is 5.16. The van der Waals surface area contributed by atoms with Crippen molar-refractivity contribution in [3.05, 3.63) is 18.1 Å². The number of rotatable bonds is 6. The lowest BCUT2D eigenvalue weighted by atomic mass is 10.3. The molecule has 0 saturated heterocycles. The lowest BCUT2D eigenvalue weighted by Gasteiger charge is -2.08. The summed E-state index contributed by atoms with van der Waals surface area (Å²) < 4.78 is 15.0. The Balaban J connectivity index is 2.42. The minimum absolute atomic E-state index is 0.187. The van der Waals surface area contributed by atoms with E-state index in [1.54, 1.807) is 6.07 Å². The number of hydrogen-bond acceptors (Lipinski definition) is 5. The van der Waals surface area contributed by atoms with E-state index in [9.17, 15) is 4.79 Å². The Morgan fingerprint density at radius 1 is 1.56 bits per heavy atom. The first-order chi connectivity index (χ1) is 7.65. The lowest BCUT2D eigenvalue weighted by Crippen LogP contribution is -2.14. The van der Waals surface area contributed by atoms with Crippen molar-refractivity contribution in [1.29, 1.82) is 0 Å². The van der Waals surface area contributed by atoms with E-state index < -0.39 is 5.97 Å². The molecule has 0 radical (unpaired) electrons. The fraction of sp³-hybridized carbons (Fsp3) is 0.545. The third kappa shape index (κ3) is 3.58. The lowest BCUT2D eigenvalue weighted by molar-refractivity contribution is 0.0566. The molecule has 1 rings (SSSR count). The largest absolute Gasteiger partial charge is 0.463 e. The molecular formula is C11H17NO4. The average molecular weight is 227 g/mol. The smallest absolute Gasteiger partial charge is 0.376 e. The van der Waals surface area contributed by atoms with E-state index in [0.29, 0.717) is 18.8 Å². The van der Waals surface area contributed by atoms with Crippen LogP contribution < -0.4 is 5.32 Å². The zero-order chi connectivity index (χ0) is 12.0. The van der Waals surface area contributed by atoms with Crippen molar-refractivity contribution in [3.8, 4) is 0 Å². The number of methoxy groups -OCH3 is 1. The summed E-state index contributed by atoms with van der Waals surface area (Å²) in [5, 5.41) is 3.04. The van der Waals surface area contributed by atoms with Crippen LogP contribution in [0.3, 0.4) is 0 Å². The summed E-state index contributed by atoms with van der Waals surface area (Å²) in [6.45, 7) is 5.13. The van der Waals surface area contributed by atoms with Gasteiger partial charge in [-0.2, -0.15) is 0 Å². The molecule has 5 heteroatoms. The van der Waals surface area contributed by atoms with Gasteiger partial charge in [0.2, 0.25) is 5.76 Å². The molecule has 0 saturated carbocycles. The maximum Gasteiger partial charge on any atom is 0.376 e. The minimum Gasteiger partial charge on any atom is -0.463 e. The van der Waals surface area contributed by atoms with E-state index in [1.807, 2.05) is 13.8 Å². The molecule has 0 aliphatic rings. The van der Waals surface area contributed by atoms with E-state index in [4.69, 9.17) is 9.15 Å². The molecule has 1 aromatic rings. The molecule has 1 heterocycles. The standard InChI is InChI=1S/C11H17NO4/c1-8(2)15-7-5-12-9-4-6-16-10(9)11(13)14-3/h4,6,8,12H,5,7H2,1-3H3. The molecule has 0 aliphatic carbocycles. The van der Waals surface area contributed by atoms with Crippen LogP contribution in [0.4, 0.5) is 5.69 Å². The van der Waals surface area contributed by atoms with Gasteiger partial charge < -0.3 is 19.2 Å². The molecular weight excluding hydrogens is 210 g/mol. The van der Waals surface area contributed by atoms with E-state index in [0.717, 1.165) is 0 Å². The molecule has 0 unspecified atom stereocenters. The first kappa shape index (κ1) is 12.6. The maximum atomic E-state index is 11.2. The van der Waals surface area contributed by atoms with Gasteiger partial charge in [0.15, 0.2) is 0 Å². The topological polar surface area (TPSA) is 60.7 Å². The van der Waals surface area contributed by atoms with Crippen molar-refractivity contribution < 1.29 is 18.7 Å². The summed E-state index contributed by atoms with van der Waals surface area (Å²) in [6.07, 6.45) is 1.64. The van der Waals surface area contributed by atoms with Gasteiger partial charge in [0.05, 0.1) is 31.8 Å². The van der Waals surface area contributed by atoms with Gasteiger partial charge in [-0.1, -0.05) is 0 Å². The van der Waals surface area contributed by atoms with E-state index in [-0.39, 0.29) is 11.9 Å². The van der Waals surface area contributed by atoms with E-state index in [2.05, 4.69) is 10.1 Å². The number of nitrogens with one attached hydrogen (secondary N) is 1. The molecule has 0 amide bonds. The quantitative estimate of drug-likeness (QED) is 0.594. The summed E-state index contributed by atoms with van der Waals surface area (Å²) in [5.74, 6) is -0.302. The second kappa shape index (κ2) is 6.17. The van der Waals surface area contributed by atoms with Gasteiger partial charge in [-0.25, -0.2) is 4.79 Å². The molecule has 0 spiro atoms. The first-order valence-corrected chi connectivity index (χ1v) is 5.16. The molecule has 5 nitrogen and oxygen atoms in total. The third-order valence-corrected chi connectivity index (χ3v) is 1.90. The summed E-state index contributed by atoms with van der Waals surface area (Å²) in [6, 6.07) is 1.68. The van der Waals surface area contributed by atoms with Crippen molar-refractivity contribution in [2.75, 3.05) is 25.6 Å². The highest BCUT2D eigenvalue weighted by atomic mass is 16.5. The van der Waals surface area contributed by atoms with Crippen LogP contribution in [-0.4, -0.2) is 32.3 Å². The molecule has 0 aliphatic heterocycles. The Bertz CT molecular complexity index is 332. The van der Waals surface area contributed by atoms with Gasteiger partial charge in [-0.15, -0.1) is 0 Å². The molecule has 0 fully saturated rings.